The van der Waals surface area contributed by atoms with Gasteiger partial charge in [0.05, 0.1) is 5.60 Å². The predicted molar refractivity (Wildman–Crippen MR) is 62.9 cm³/mol. The Hall–Kier alpha value is -0.570. The summed E-state index contributed by atoms with van der Waals surface area (Å²) >= 11 is 0. The van der Waals surface area contributed by atoms with E-state index >= 15 is 0 Å². The number of unbranched alkanes of at least 4 members (excludes halogenated alkanes) is 1. The highest BCUT2D eigenvalue weighted by molar-refractivity contribution is 5.72. The van der Waals surface area contributed by atoms with Crippen molar-refractivity contribution in [2.75, 3.05) is 13.2 Å². The molecule has 0 aromatic carbocycles. The van der Waals surface area contributed by atoms with Crippen molar-refractivity contribution in [3.63, 3.8) is 0 Å². The van der Waals surface area contributed by atoms with Gasteiger partial charge in [0.25, 0.3) is 0 Å². The van der Waals surface area contributed by atoms with Crippen LogP contribution >= 0.6 is 0 Å². The molecule has 0 aliphatic heterocycles. The van der Waals surface area contributed by atoms with Crippen molar-refractivity contribution in [3.8, 4) is 0 Å². The molecular weight excluding hydrogens is 190 g/mol. The second-order valence-electron chi connectivity index (χ2n) is 4.24. The molecule has 1 amide bonds. The summed E-state index contributed by atoms with van der Waals surface area (Å²) in [6.45, 7) is 9.46. The summed E-state index contributed by atoms with van der Waals surface area (Å²) < 4.78 is 5.85. The predicted octanol–water partition coefficient (Wildman–Crippen LogP) is 2.50. The maximum absolute atomic E-state index is 10.7. The number of nitrogens with one attached hydrogen (secondary N) is 1. The van der Waals surface area contributed by atoms with Crippen molar-refractivity contribution >= 4 is 5.91 Å². The third-order valence-electron chi connectivity index (χ3n) is 2.72. The molecule has 0 heterocycles. The minimum absolute atomic E-state index is 0.0296. The van der Waals surface area contributed by atoms with Gasteiger partial charge in [0, 0.05) is 20.1 Å². The van der Waals surface area contributed by atoms with E-state index in [1.54, 1.807) is 6.92 Å². The van der Waals surface area contributed by atoms with Crippen molar-refractivity contribution < 1.29 is 9.53 Å². The van der Waals surface area contributed by atoms with E-state index < -0.39 is 0 Å². The molecule has 1 atom stereocenters. The van der Waals surface area contributed by atoms with E-state index in [1.165, 1.54) is 0 Å². The second-order valence-corrected chi connectivity index (χ2v) is 4.24. The van der Waals surface area contributed by atoms with Crippen molar-refractivity contribution in [3.05, 3.63) is 0 Å². The van der Waals surface area contributed by atoms with Crippen molar-refractivity contribution in [2.45, 2.75) is 59.0 Å². The smallest absolute Gasteiger partial charge is 0.216 e. The molecule has 0 saturated heterocycles. The Morgan fingerprint density at radius 1 is 1.40 bits per heavy atom. The average molecular weight is 215 g/mol. The van der Waals surface area contributed by atoms with Gasteiger partial charge in [0.15, 0.2) is 0 Å². The molecule has 15 heavy (non-hydrogen) atoms. The molecule has 0 saturated carbocycles. The molecule has 0 rings (SSSR count). The molecule has 1 N–H and O–H groups in total. The largest absolute Gasteiger partial charge is 0.375 e. The number of ether oxygens (including phenoxy) is 1. The van der Waals surface area contributed by atoms with E-state index in [-0.39, 0.29) is 11.5 Å². The quantitative estimate of drug-likeness (QED) is 0.632. The van der Waals surface area contributed by atoms with E-state index in [4.69, 9.17) is 4.74 Å². The Kier molecular flexibility index (Phi) is 7.39. The van der Waals surface area contributed by atoms with Gasteiger partial charge in [-0.2, -0.15) is 0 Å². The maximum atomic E-state index is 10.7. The molecule has 90 valence electrons. The first-order chi connectivity index (χ1) is 7.04. The van der Waals surface area contributed by atoms with E-state index in [1.807, 2.05) is 0 Å². The first kappa shape index (κ1) is 14.4. The van der Waals surface area contributed by atoms with Gasteiger partial charge in [-0.1, -0.05) is 20.3 Å². The fourth-order valence-electron chi connectivity index (χ4n) is 1.32. The summed E-state index contributed by atoms with van der Waals surface area (Å²) in [6.07, 6.45) is 4.13. The first-order valence-electron chi connectivity index (χ1n) is 5.92. The monoisotopic (exact) mass is 215 g/mol. The Morgan fingerprint density at radius 2 is 2.07 bits per heavy atom. The summed E-state index contributed by atoms with van der Waals surface area (Å²) in [5, 5.41) is 2.81. The van der Waals surface area contributed by atoms with Crippen LogP contribution < -0.4 is 5.32 Å². The molecule has 0 aromatic rings. The zero-order valence-electron chi connectivity index (χ0n) is 10.6. The van der Waals surface area contributed by atoms with Crippen LogP contribution in [0.5, 0.6) is 0 Å². The highest BCUT2D eigenvalue weighted by Gasteiger charge is 2.21. The van der Waals surface area contributed by atoms with E-state index in [2.05, 4.69) is 26.1 Å². The van der Waals surface area contributed by atoms with Crippen LogP contribution in [0.1, 0.15) is 53.4 Å². The number of rotatable bonds is 8. The number of carbonyl (C=O) groups excluding carboxylic acids is 1. The average Bonchev–Trinajstić information content (AvgIpc) is 2.18. The van der Waals surface area contributed by atoms with Crippen LogP contribution in [0, 0.1) is 0 Å². The van der Waals surface area contributed by atoms with Crippen molar-refractivity contribution in [1.29, 1.82) is 0 Å². The normalized spacial score (nSPS) is 14.7. The number of amides is 1. The topological polar surface area (TPSA) is 38.3 Å². The molecule has 0 radical (unpaired) electrons. The summed E-state index contributed by atoms with van der Waals surface area (Å²) in [4.78, 5) is 10.7. The molecule has 0 aliphatic rings. The molecule has 1 unspecified atom stereocenters. The van der Waals surface area contributed by atoms with Gasteiger partial charge < -0.3 is 10.1 Å². The van der Waals surface area contributed by atoms with Gasteiger partial charge in [-0.3, -0.25) is 4.79 Å². The van der Waals surface area contributed by atoms with Crippen LogP contribution in [-0.4, -0.2) is 24.7 Å². The number of hydrogen-bond donors (Lipinski definition) is 1. The highest BCUT2D eigenvalue weighted by atomic mass is 16.5. The zero-order valence-corrected chi connectivity index (χ0v) is 10.6. The van der Waals surface area contributed by atoms with Gasteiger partial charge in [0.1, 0.15) is 0 Å². The lowest BCUT2D eigenvalue weighted by molar-refractivity contribution is -0.119. The maximum Gasteiger partial charge on any atom is 0.216 e. The van der Waals surface area contributed by atoms with Crippen molar-refractivity contribution in [2.24, 2.45) is 0 Å². The molecule has 0 aromatic heterocycles. The van der Waals surface area contributed by atoms with Crippen LogP contribution in [0.3, 0.4) is 0 Å². The first-order valence-corrected chi connectivity index (χ1v) is 5.92. The van der Waals surface area contributed by atoms with Gasteiger partial charge in [-0.25, -0.2) is 0 Å². The second kappa shape index (κ2) is 7.69. The van der Waals surface area contributed by atoms with Crippen LogP contribution in [0.2, 0.25) is 0 Å². The lowest BCUT2D eigenvalue weighted by atomic mass is 9.99. The standard InChI is InChI=1S/C12H25NO2/c1-5-7-10-15-12(4,6-2)8-9-13-11(3)14/h5-10H2,1-4H3,(H,13,14). The molecule has 0 aliphatic carbocycles. The third-order valence-corrected chi connectivity index (χ3v) is 2.72. The fourth-order valence-corrected chi connectivity index (χ4v) is 1.32. The van der Waals surface area contributed by atoms with E-state index in [0.29, 0.717) is 6.54 Å². The van der Waals surface area contributed by atoms with E-state index in [9.17, 15) is 4.79 Å². The Bertz CT molecular complexity index is 182. The number of carbonyl (C=O) groups is 1. The highest BCUT2D eigenvalue weighted by Crippen LogP contribution is 2.19. The summed E-state index contributed by atoms with van der Waals surface area (Å²) in [5.74, 6) is 0.0296. The third kappa shape index (κ3) is 7.37. The number of hydrogen-bond acceptors (Lipinski definition) is 2. The van der Waals surface area contributed by atoms with Crippen molar-refractivity contribution in [1.82, 2.24) is 5.32 Å². The van der Waals surface area contributed by atoms with Gasteiger partial charge in [0.2, 0.25) is 5.91 Å². The molecule has 3 heteroatoms. The van der Waals surface area contributed by atoms with Crippen LogP contribution in [0.25, 0.3) is 0 Å². The lowest BCUT2D eigenvalue weighted by Gasteiger charge is -2.28. The SMILES string of the molecule is CCCCOC(C)(CC)CCNC(C)=O. The summed E-state index contributed by atoms with van der Waals surface area (Å²) in [6, 6.07) is 0. The van der Waals surface area contributed by atoms with Crippen LogP contribution in [0.15, 0.2) is 0 Å². The van der Waals surface area contributed by atoms with E-state index in [0.717, 1.165) is 32.3 Å². The van der Waals surface area contributed by atoms with Crippen LogP contribution in [0.4, 0.5) is 0 Å². The molecule has 3 nitrogen and oxygen atoms in total. The fraction of sp³-hybridized carbons (Fsp3) is 0.917. The minimum Gasteiger partial charge on any atom is -0.375 e. The Balaban J connectivity index is 3.79. The molecular formula is C12H25NO2. The molecule has 0 bridgehead atoms. The Morgan fingerprint density at radius 3 is 2.53 bits per heavy atom. The van der Waals surface area contributed by atoms with Gasteiger partial charge in [-0.15, -0.1) is 0 Å². The van der Waals surface area contributed by atoms with Gasteiger partial charge >= 0.3 is 0 Å². The summed E-state index contributed by atoms with van der Waals surface area (Å²) in [7, 11) is 0. The Labute approximate surface area is 93.6 Å². The van der Waals surface area contributed by atoms with Gasteiger partial charge in [-0.05, 0) is 26.2 Å². The molecule has 0 spiro atoms. The molecule has 0 fully saturated rings. The summed E-state index contributed by atoms with van der Waals surface area (Å²) in [5.41, 5.74) is -0.0857. The minimum atomic E-state index is -0.0857. The lowest BCUT2D eigenvalue weighted by Crippen LogP contribution is -2.34. The van der Waals surface area contributed by atoms with Crippen LogP contribution in [-0.2, 0) is 9.53 Å². The zero-order chi connectivity index (χ0) is 11.7.